The first-order valence-electron chi connectivity index (χ1n) is 13.3. The topological polar surface area (TPSA) is 55.0 Å². The average Bonchev–Trinajstić information content (AvgIpc) is 3.74. The third kappa shape index (κ3) is 5.13. The van der Waals surface area contributed by atoms with E-state index in [2.05, 4.69) is 84.3 Å². The standard InChI is InChI=1S/C29H35N7/c1-2-7-25(8-3-1)21-35-23-30-32-29(35)28(34-20-15-27(22-34)33-17-4-5-18-33)14-11-24-9-12-26(13-10-24)36-19-6-16-31-36/h1-3,6-10,12-13,16,19,23,27-28H,4-5,11,14-15,17-18,20-22H2. The molecule has 4 aromatic rings. The Bertz CT molecular complexity index is 1210. The molecule has 2 aliphatic rings. The molecule has 0 saturated carbocycles. The summed E-state index contributed by atoms with van der Waals surface area (Å²) in [6.45, 7) is 5.58. The van der Waals surface area contributed by atoms with Gasteiger partial charge < -0.3 is 4.57 Å². The molecule has 0 N–H and O–H groups in total. The summed E-state index contributed by atoms with van der Waals surface area (Å²) in [5, 5.41) is 13.4. The van der Waals surface area contributed by atoms with Gasteiger partial charge in [-0.1, -0.05) is 42.5 Å². The Labute approximate surface area is 213 Å². The Morgan fingerprint density at radius 2 is 1.72 bits per heavy atom. The van der Waals surface area contributed by atoms with Crippen LogP contribution in [0.15, 0.2) is 79.4 Å². The van der Waals surface area contributed by atoms with Crippen LogP contribution in [-0.2, 0) is 13.0 Å². The summed E-state index contributed by atoms with van der Waals surface area (Å²) in [4.78, 5) is 5.38. The lowest BCUT2D eigenvalue weighted by Gasteiger charge is -2.29. The van der Waals surface area contributed by atoms with E-state index < -0.39 is 0 Å². The summed E-state index contributed by atoms with van der Waals surface area (Å²) in [5.74, 6) is 1.09. The van der Waals surface area contributed by atoms with Gasteiger partial charge in [0, 0.05) is 31.5 Å². The lowest BCUT2D eigenvalue weighted by atomic mass is 10.0. The Hall–Kier alpha value is -3.29. The molecule has 2 saturated heterocycles. The van der Waals surface area contributed by atoms with Gasteiger partial charge >= 0.3 is 0 Å². The molecule has 2 aromatic heterocycles. The fourth-order valence-electron chi connectivity index (χ4n) is 5.90. The van der Waals surface area contributed by atoms with Crippen LogP contribution < -0.4 is 0 Å². The van der Waals surface area contributed by atoms with Crippen LogP contribution in [0, 0.1) is 0 Å². The van der Waals surface area contributed by atoms with Crippen molar-refractivity contribution in [2.75, 3.05) is 26.2 Å². The molecule has 4 heterocycles. The predicted molar refractivity (Wildman–Crippen MR) is 141 cm³/mol. The van der Waals surface area contributed by atoms with Crippen molar-refractivity contribution in [1.29, 1.82) is 0 Å². The molecule has 2 aromatic carbocycles. The molecular formula is C29H35N7. The monoisotopic (exact) mass is 481 g/mol. The van der Waals surface area contributed by atoms with Crippen molar-refractivity contribution < 1.29 is 0 Å². The van der Waals surface area contributed by atoms with E-state index in [0.29, 0.717) is 6.04 Å². The zero-order valence-corrected chi connectivity index (χ0v) is 20.9. The van der Waals surface area contributed by atoms with E-state index in [9.17, 15) is 0 Å². The number of aromatic nitrogens is 5. The average molecular weight is 482 g/mol. The van der Waals surface area contributed by atoms with Crippen LogP contribution in [-0.4, -0.2) is 66.6 Å². The highest BCUT2D eigenvalue weighted by molar-refractivity contribution is 5.34. The Kier molecular flexibility index (Phi) is 6.92. The fraction of sp³-hybridized carbons (Fsp3) is 0.414. The molecular weight excluding hydrogens is 446 g/mol. The van der Waals surface area contributed by atoms with Crippen molar-refractivity contribution in [3.05, 3.63) is 96.3 Å². The molecule has 0 spiro atoms. The summed E-state index contributed by atoms with van der Waals surface area (Å²) in [7, 11) is 0. The van der Waals surface area contributed by atoms with Crippen LogP contribution in [0.1, 0.15) is 48.7 Å². The van der Waals surface area contributed by atoms with Crippen molar-refractivity contribution in [3.8, 4) is 5.69 Å². The van der Waals surface area contributed by atoms with Gasteiger partial charge in [0.2, 0.25) is 0 Å². The first kappa shape index (κ1) is 23.1. The van der Waals surface area contributed by atoms with Crippen LogP contribution in [0.25, 0.3) is 5.69 Å². The number of hydrogen-bond acceptors (Lipinski definition) is 5. The van der Waals surface area contributed by atoms with Gasteiger partial charge in [-0.25, -0.2) is 4.68 Å². The van der Waals surface area contributed by atoms with E-state index in [-0.39, 0.29) is 6.04 Å². The van der Waals surface area contributed by atoms with Gasteiger partial charge in [-0.3, -0.25) is 9.80 Å². The zero-order chi connectivity index (χ0) is 24.2. The highest BCUT2D eigenvalue weighted by Crippen LogP contribution is 2.31. The molecule has 186 valence electrons. The lowest BCUT2D eigenvalue weighted by molar-refractivity contribution is 0.185. The van der Waals surface area contributed by atoms with Crippen LogP contribution >= 0.6 is 0 Å². The quantitative estimate of drug-likeness (QED) is 0.356. The van der Waals surface area contributed by atoms with E-state index in [1.165, 1.54) is 43.5 Å². The fourth-order valence-corrected chi connectivity index (χ4v) is 5.90. The number of hydrogen-bond donors (Lipinski definition) is 0. The molecule has 2 fully saturated rings. The molecule has 6 rings (SSSR count). The number of benzene rings is 2. The minimum Gasteiger partial charge on any atom is -0.312 e. The molecule has 0 radical (unpaired) electrons. The lowest BCUT2D eigenvalue weighted by Crippen LogP contribution is -2.37. The minimum absolute atomic E-state index is 0.259. The molecule has 7 heteroatoms. The van der Waals surface area contributed by atoms with Gasteiger partial charge in [0.05, 0.1) is 18.3 Å². The van der Waals surface area contributed by atoms with Crippen molar-refractivity contribution in [2.45, 2.75) is 50.7 Å². The summed E-state index contributed by atoms with van der Waals surface area (Å²) in [6, 6.07) is 22.3. The highest BCUT2D eigenvalue weighted by atomic mass is 15.3. The van der Waals surface area contributed by atoms with Crippen LogP contribution in [0.3, 0.4) is 0 Å². The second kappa shape index (κ2) is 10.8. The maximum atomic E-state index is 4.69. The Morgan fingerprint density at radius 3 is 2.50 bits per heavy atom. The smallest absolute Gasteiger partial charge is 0.150 e. The highest BCUT2D eigenvalue weighted by Gasteiger charge is 2.35. The second-order valence-electron chi connectivity index (χ2n) is 10.2. The van der Waals surface area contributed by atoms with E-state index in [1.54, 1.807) is 0 Å². The molecule has 36 heavy (non-hydrogen) atoms. The molecule has 2 atom stereocenters. The summed E-state index contributed by atoms with van der Waals surface area (Å²) in [6.07, 6.45) is 11.7. The number of aryl methyl sites for hydroxylation is 1. The summed E-state index contributed by atoms with van der Waals surface area (Å²) >= 11 is 0. The molecule has 0 bridgehead atoms. The SMILES string of the molecule is c1ccc(Cn2cnnc2C(CCc2ccc(-n3cccn3)cc2)N2CCC(N3CCCC3)C2)cc1. The number of likely N-dealkylation sites (tertiary alicyclic amines) is 2. The molecule has 0 aliphatic carbocycles. The van der Waals surface area contributed by atoms with Crippen molar-refractivity contribution in [1.82, 2.24) is 34.3 Å². The third-order valence-corrected chi connectivity index (χ3v) is 7.84. The maximum Gasteiger partial charge on any atom is 0.150 e. The van der Waals surface area contributed by atoms with Gasteiger partial charge in [-0.15, -0.1) is 10.2 Å². The van der Waals surface area contributed by atoms with E-state index in [1.807, 2.05) is 29.5 Å². The zero-order valence-electron chi connectivity index (χ0n) is 20.9. The van der Waals surface area contributed by atoms with E-state index >= 15 is 0 Å². The van der Waals surface area contributed by atoms with E-state index in [0.717, 1.165) is 44.0 Å². The maximum absolute atomic E-state index is 4.69. The normalized spacial score (nSPS) is 19.7. The predicted octanol–water partition coefficient (Wildman–Crippen LogP) is 4.36. The van der Waals surface area contributed by atoms with Crippen molar-refractivity contribution in [2.24, 2.45) is 0 Å². The summed E-state index contributed by atoms with van der Waals surface area (Å²) in [5.41, 5.74) is 3.72. The van der Waals surface area contributed by atoms with Crippen LogP contribution in [0.5, 0.6) is 0 Å². The van der Waals surface area contributed by atoms with Gasteiger partial charge in [0.15, 0.2) is 5.82 Å². The third-order valence-electron chi connectivity index (χ3n) is 7.84. The van der Waals surface area contributed by atoms with Crippen LogP contribution in [0.2, 0.25) is 0 Å². The van der Waals surface area contributed by atoms with E-state index in [4.69, 9.17) is 0 Å². The Balaban J connectivity index is 1.21. The van der Waals surface area contributed by atoms with Gasteiger partial charge in [-0.05, 0) is 74.5 Å². The van der Waals surface area contributed by atoms with Gasteiger partial charge in [0.1, 0.15) is 6.33 Å². The number of rotatable bonds is 9. The molecule has 0 amide bonds. The second-order valence-corrected chi connectivity index (χ2v) is 10.2. The summed E-state index contributed by atoms with van der Waals surface area (Å²) < 4.78 is 4.16. The molecule has 2 aliphatic heterocycles. The molecule has 2 unspecified atom stereocenters. The molecule has 7 nitrogen and oxygen atoms in total. The minimum atomic E-state index is 0.259. The first-order valence-corrected chi connectivity index (χ1v) is 13.3. The number of nitrogens with zero attached hydrogens (tertiary/aromatic N) is 7. The van der Waals surface area contributed by atoms with Crippen molar-refractivity contribution >= 4 is 0 Å². The Morgan fingerprint density at radius 1 is 0.889 bits per heavy atom. The first-order chi connectivity index (χ1) is 17.8. The largest absolute Gasteiger partial charge is 0.312 e. The van der Waals surface area contributed by atoms with Crippen LogP contribution in [0.4, 0.5) is 0 Å². The van der Waals surface area contributed by atoms with Gasteiger partial charge in [0.25, 0.3) is 0 Å². The van der Waals surface area contributed by atoms with Gasteiger partial charge in [-0.2, -0.15) is 5.10 Å². The van der Waals surface area contributed by atoms with Crippen molar-refractivity contribution in [3.63, 3.8) is 0 Å².